The van der Waals surface area contributed by atoms with E-state index in [1.165, 1.54) is 11.3 Å². The van der Waals surface area contributed by atoms with E-state index in [0.29, 0.717) is 11.8 Å². The third kappa shape index (κ3) is 5.18. The number of nitrogens with zero attached hydrogens (tertiary/aromatic N) is 1. The molecule has 0 atom stereocenters. The second kappa shape index (κ2) is 8.68. The summed E-state index contributed by atoms with van der Waals surface area (Å²) in [7, 11) is 0. The van der Waals surface area contributed by atoms with Crippen LogP contribution in [0.3, 0.4) is 0 Å². The Morgan fingerprint density at radius 2 is 2.07 bits per heavy atom. The van der Waals surface area contributed by atoms with Gasteiger partial charge in [0.25, 0.3) is 5.91 Å². The third-order valence-electron chi connectivity index (χ3n) is 3.24. The van der Waals surface area contributed by atoms with E-state index in [-0.39, 0.29) is 16.6 Å². The molecular weight excluding hydrogens is 462 g/mol. The summed E-state index contributed by atoms with van der Waals surface area (Å²) >= 11 is 5.92. The molecule has 2 aromatic heterocycles. The Bertz CT molecular complexity index is 953. The highest BCUT2D eigenvalue weighted by atomic mass is 79.9. The molecule has 10 heteroatoms. The first kappa shape index (κ1) is 19.6. The van der Waals surface area contributed by atoms with Crippen LogP contribution in [0, 0.1) is 11.6 Å². The molecule has 1 aromatic carbocycles. The molecule has 1 amide bonds. The van der Waals surface area contributed by atoms with Gasteiger partial charge in [0.1, 0.15) is 10.8 Å². The number of aromatic nitrogens is 1. The molecule has 0 bridgehead atoms. The van der Waals surface area contributed by atoms with Gasteiger partial charge in [-0.15, -0.1) is 22.7 Å². The fourth-order valence-corrected chi connectivity index (χ4v) is 4.22. The molecule has 3 rings (SSSR count). The maximum Gasteiger partial charge on any atom is 0.312 e. The summed E-state index contributed by atoms with van der Waals surface area (Å²) < 4.78 is 31.7. The van der Waals surface area contributed by atoms with Crippen molar-refractivity contribution in [1.29, 1.82) is 0 Å². The highest BCUT2D eigenvalue weighted by Gasteiger charge is 2.15. The molecule has 0 aliphatic carbocycles. The summed E-state index contributed by atoms with van der Waals surface area (Å²) in [4.78, 5) is 29.1. The third-order valence-corrected chi connectivity index (χ3v) is 5.80. The Morgan fingerprint density at radius 1 is 1.26 bits per heavy atom. The SMILES string of the molecule is O=C(COC(=O)Cc1csc(-c2cccs2)n1)Nc1c(F)cc(F)cc1Br. The largest absolute Gasteiger partial charge is 0.455 e. The smallest absolute Gasteiger partial charge is 0.312 e. The molecule has 0 radical (unpaired) electrons. The van der Waals surface area contributed by atoms with Gasteiger partial charge < -0.3 is 10.1 Å². The molecule has 0 aliphatic rings. The lowest BCUT2D eigenvalue weighted by atomic mass is 10.3. The van der Waals surface area contributed by atoms with Gasteiger partial charge in [-0.25, -0.2) is 13.8 Å². The summed E-state index contributed by atoms with van der Waals surface area (Å²) in [6, 6.07) is 5.50. The Labute approximate surface area is 169 Å². The lowest BCUT2D eigenvalue weighted by Crippen LogP contribution is -2.22. The second-order valence-electron chi connectivity index (χ2n) is 5.25. The summed E-state index contributed by atoms with van der Waals surface area (Å²) in [5.74, 6) is -3.10. The van der Waals surface area contributed by atoms with Gasteiger partial charge in [0.2, 0.25) is 0 Å². The molecule has 0 saturated heterocycles. The number of benzene rings is 1. The number of anilines is 1. The zero-order valence-corrected chi connectivity index (χ0v) is 16.7. The zero-order valence-electron chi connectivity index (χ0n) is 13.5. The van der Waals surface area contributed by atoms with Crippen molar-refractivity contribution in [3.63, 3.8) is 0 Å². The van der Waals surface area contributed by atoms with Crippen molar-refractivity contribution in [2.45, 2.75) is 6.42 Å². The summed E-state index contributed by atoms with van der Waals surface area (Å²) in [6.45, 7) is -0.593. The van der Waals surface area contributed by atoms with E-state index >= 15 is 0 Å². The number of hydrogen-bond acceptors (Lipinski definition) is 6. The van der Waals surface area contributed by atoms with Crippen molar-refractivity contribution >= 4 is 56.2 Å². The van der Waals surface area contributed by atoms with E-state index in [1.54, 1.807) is 16.7 Å². The van der Waals surface area contributed by atoms with Gasteiger partial charge in [-0.2, -0.15) is 0 Å². The molecule has 5 nitrogen and oxygen atoms in total. The van der Waals surface area contributed by atoms with E-state index in [4.69, 9.17) is 4.74 Å². The lowest BCUT2D eigenvalue weighted by molar-refractivity contribution is -0.146. The van der Waals surface area contributed by atoms with Crippen molar-refractivity contribution in [3.8, 4) is 9.88 Å². The van der Waals surface area contributed by atoms with Crippen LogP contribution in [-0.4, -0.2) is 23.5 Å². The van der Waals surface area contributed by atoms with Gasteiger partial charge in [0.15, 0.2) is 12.4 Å². The van der Waals surface area contributed by atoms with Gasteiger partial charge in [0, 0.05) is 15.9 Å². The van der Waals surface area contributed by atoms with Gasteiger partial charge in [0.05, 0.1) is 22.7 Å². The van der Waals surface area contributed by atoms with Crippen molar-refractivity contribution < 1.29 is 23.1 Å². The van der Waals surface area contributed by atoms with Crippen molar-refractivity contribution in [1.82, 2.24) is 4.98 Å². The van der Waals surface area contributed by atoms with Crippen LogP contribution in [0.25, 0.3) is 9.88 Å². The minimum atomic E-state index is -0.940. The number of amides is 1. The molecule has 0 saturated carbocycles. The van der Waals surface area contributed by atoms with Crippen molar-refractivity contribution in [2.24, 2.45) is 0 Å². The summed E-state index contributed by atoms with van der Waals surface area (Å²) in [5, 5.41) is 6.73. The van der Waals surface area contributed by atoms with E-state index in [9.17, 15) is 18.4 Å². The molecule has 1 N–H and O–H groups in total. The van der Waals surface area contributed by atoms with Gasteiger partial charge in [-0.3, -0.25) is 9.59 Å². The van der Waals surface area contributed by atoms with Crippen molar-refractivity contribution in [3.05, 3.63) is 56.8 Å². The predicted molar refractivity (Wildman–Crippen MR) is 103 cm³/mol. The Morgan fingerprint density at radius 3 is 2.78 bits per heavy atom. The molecule has 2 heterocycles. The summed E-state index contributed by atoms with van der Waals surface area (Å²) in [6.07, 6.45) is -0.0796. The number of rotatable bonds is 6. The summed E-state index contributed by atoms with van der Waals surface area (Å²) in [5.41, 5.74) is 0.318. The van der Waals surface area contributed by atoms with Gasteiger partial charge >= 0.3 is 5.97 Å². The molecule has 0 fully saturated rings. The number of ether oxygens (including phenoxy) is 1. The number of thiazole rings is 1. The van der Waals surface area contributed by atoms with E-state index in [2.05, 4.69) is 26.2 Å². The van der Waals surface area contributed by atoms with E-state index in [0.717, 1.165) is 16.0 Å². The van der Waals surface area contributed by atoms with Crippen LogP contribution in [0.4, 0.5) is 14.5 Å². The second-order valence-corrected chi connectivity index (χ2v) is 7.91. The van der Waals surface area contributed by atoms with E-state index in [1.807, 2.05) is 17.5 Å². The molecule has 140 valence electrons. The Balaban J connectivity index is 1.51. The minimum absolute atomic E-state index is 0.0447. The monoisotopic (exact) mass is 472 g/mol. The van der Waals surface area contributed by atoms with Crippen LogP contribution < -0.4 is 5.32 Å². The van der Waals surface area contributed by atoms with Crippen LogP contribution in [0.15, 0.2) is 39.5 Å². The highest BCUT2D eigenvalue weighted by molar-refractivity contribution is 9.10. The maximum absolute atomic E-state index is 13.7. The fraction of sp³-hybridized carbons (Fsp3) is 0.118. The molecular formula is C17H11BrF2N2O3S2. The molecule has 3 aromatic rings. The zero-order chi connectivity index (χ0) is 19.4. The highest BCUT2D eigenvalue weighted by Crippen LogP contribution is 2.28. The first-order chi connectivity index (χ1) is 12.9. The van der Waals surface area contributed by atoms with Crippen LogP contribution in [0.2, 0.25) is 0 Å². The topological polar surface area (TPSA) is 68.3 Å². The number of carbonyl (C=O) groups excluding carboxylic acids is 2. The first-order valence-corrected chi connectivity index (χ1v) is 10.1. The molecule has 0 spiro atoms. The molecule has 27 heavy (non-hydrogen) atoms. The lowest BCUT2D eigenvalue weighted by Gasteiger charge is -2.09. The average molecular weight is 473 g/mol. The number of esters is 1. The Hall–Kier alpha value is -2.17. The number of carbonyl (C=O) groups is 2. The minimum Gasteiger partial charge on any atom is -0.455 e. The number of hydrogen-bond donors (Lipinski definition) is 1. The van der Waals surface area contributed by atoms with E-state index < -0.39 is 30.1 Å². The van der Waals surface area contributed by atoms with Crippen LogP contribution in [-0.2, 0) is 20.7 Å². The predicted octanol–water partition coefficient (Wildman–Crippen LogP) is 4.64. The van der Waals surface area contributed by atoms with Crippen LogP contribution >= 0.6 is 38.6 Å². The fourth-order valence-electron chi connectivity index (χ4n) is 2.08. The standard InChI is InChI=1S/C17H11BrF2N2O3S2/c18-11-4-9(19)5-12(20)16(11)22-14(23)7-25-15(24)6-10-8-27-17(21-10)13-2-1-3-26-13/h1-5,8H,6-7H2,(H,22,23). The molecule has 0 unspecified atom stereocenters. The normalized spacial score (nSPS) is 10.6. The first-order valence-electron chi connectivity index (χ1n) is 7.50. The number of halogens is 3. The van der Waals surface area contributed by atoms with Crippen molar-refractivity contribution in [2.75, 3.05) is 11.9 Å². The quantitative estimate of drug-likeness (QED) is 0.530. The number of nitrogens with one attached hydrogen (secondary N) is 1. The van der Waals surface area contributed by atoms with Gasteiger partial charge in [-0.1, -0.05) is 6.07 Å². The average Bonchev–Trinajstić information content (AvgIpc) is 3.27. The van der Waals surface area contributed by atoms with Crippen LogP contribution in [0.1, 0.15) is 5.69 Å². The Kier molecular flexibility index (Phi) is 6.30. The number of thiophene rings is 1. The molecule has 0 aliphatic heterocycles. The van der Waals surface area contributed by atoms with Crippen LogP contribution in [0.5, 0.6) is 0 Å². The maximum atomic E-state index is 13.7. The van der Waals surface area contributed by atoms with Gasteiger partial charge in [-0.05, 0) is 33.4 Å².